The maximum Gasteiger partial charge on any atom is 0.419 e. The van der Waals surface area contributed by atoms with Gasteiger partial charge in [0.05, 0.1) is 17.4 Å². The number of amides is 2. The highest BCUT2D eigenvalue weighted by atomic mass is 19.4. The van der Waals surface area contributed by atoms with Crippen molar-refractivity contribution in [3.63, 3.8) is 0 Å². The number of methoxy groups -OCH3 is 1. The highest BCUT2D eigenvalue weighted by molar-refractivity contribution is 5.92. The van der Waals surface area contributed by atoms with Crippen LogP contribution in [0.3, 0.4) is 0 Å². The van der Waals surface area contributed by atoms with Gasteiger partial charge in [-0.3, -0.25) is 9.59 Å². The summed E-state index contributed by atoms with van der Waals surface area (Å²) in [4.78, 5) is 48.9. The Labute approximate surface area is 287 Å². The van der Waals surface area contributed by atoms with Crippen molar-refractivity contribution in [2.24, 2.45) is 0 Å². The van der Waals surface area contributed by atoms with Crippen molar-refractivity contribution in [1.82, 2.24) is 24.1 Å². The zero-order valence-electron chi connectivity index (χ0n) is 29.3. The SMILES string of the molecule is CCc1c(N2CCN(C(=O)OC(C)(C)C)[C@H](C)C2)c(=O)n2nc(C3=CCC(OC)CC3)nc2n1CC(=O)Nc1cc(F)c(C(F)(F)F)cc1C. The van der Waals surface area contributed by atoms with E-state index in [0.29, 0.717) is 49.5 Å². The molecule has 0 radical (unpaired) electrons. The van der Waals surface area contributed by atoms with Gasteiger partial charge in [-0.05, 0) is 83.6 Å². The Kier molecular flexibility index (Phi) is 10.3. The molecule has 1 aliphatic heterocycles. The highest BCUT2D eigenvalue weighted by Crippen LogP contribution is 2.34. The lowest BCUT2D eigenvalue weighted by Gasteiger charge is -2.41. The molecule has 2 aliphatic rings. The third-order valence-corrected chi connectivity index (χ3v) is 8.91. The van der Waals surface area contributed by atoms with Crippen molar-refractivity contribution < 1.29 is 36.6 Å². The molecule has 1 N–H and O–H groups in total. The summed E-state index contributed by atoms with van der Waals surface area (Å²) < 4.78 is 68.1. The molecule has 50 heavy (non-hydrogen) atoms. The van der Waals surface area contributed by atoms with Gasteiger partial charge in [0.25, 0.3) is 5.56 Å². The van der Waals surface area contributed by atoms with Crippen LogP contribution in [0.5, 0.6) is 0 Å². The number of alkyl halides is 3. The number of hydrogen-bond donors (Lipinski definition) is 1. The number of carbonyl (C=O) groups excluding carboxylic acids is 2. The molecule has 1 aromatic carbocycles. The first-order valence-corrected chi connectivity index (χ1v) is 16.6. The van der Waals surface area contributed by atoms with Crippen LogP contribution in [-0.4, -0.2) is 80.6 Å². The van der Waals surface area contributed by atoms with Gasteiger partial charge in [-0.25, -0.2) is 9.18 Å². The van der Waals surface area contributed by atoms with E-state index in [1.165, 1.54) is 6.92 Å². The van der Waals surface area contributed by atoms with Crippen LogP contribution in [0.1, 0.15) is 76.5 Å². The fraction of sp³-hybridized carbons (Fsp3) is 0.559. The van der Waals surface area contributed by atoms with Crippen LogP contribution in [0, 0.1) is 12.7 Å². The van der Waals surface area contributed by atoms with E-state index in [-0.39, 0.29) is 48.0 Å². The first-order valence-electron chi connectivity index (χ1n) is 16.6. The molecular formula is C34H43F4N7O5. The van der Waals surface area contributed by atoms with Crippen molar-refractivity contribution in [3.05, 3.63) is 57.0 Å². The van der Waals surface area contributed by atoms with Crippen LogP contribution in [0.15, 0.2) is 23.0 Å². The summed E-state index contributed by atoms with van der Waals surface area (Å²) in [7, 11) is 1.65. The van der Waals surface area contributed by atoms with Gasteiger partial charge in [0, 0.05) is 38.5 Å². The number of aryl methyl sites for hydroxylation is 1. The molecule has 3 heterocycles. The fourth-order valence-corrected chi connectivity index (χ4v) is 6.41. The van der Waals surface area contributed by atoms with Crippen molar-refractivity contribution in [2.75, 3.05) is 37.0 Å². The molecule has 5 rings (SSSR count). The summed E-state index contributed by atoms with van der Waals surface area (Å²) in [5.41, 5.74) is -1.08. The standard InChI is InChI=1S/C34H43F4N7O5/c1-8-26-28(42-13-14-43(20(3)17-42)32(48)50-33(4,5)6)30(47)45-31(40-29(41-45)21-9-11-22(49-7)12-10-21)44(26)18-27(46)39-25-16-24(35)23(15-19(25)2)34(36,37)38/h9,15-16,20,22H,8,10-14,17-18H2,1-7H3,(H,39,46)/t20-,22?/m1/s1. The predicted octanol–water partition coefficient (Wildman–Crippen LogP) is 5.59. The lowest BCUT2D eigenvalue weighted by molar-refractivity contribution is -0.140. The molecule has 0 saturated carbocycles. The van der Waals surface area contributed by atoms with E-state index < -0.39 is 47.3 Å². The number of benzene rings is 1. The van der Waals surface area contributed by atoms with E-state index >= 15 is 0 Å². The molecule has 0 spiro atoms. The highest BCUT2D eigenvalue weighted by Gasteiger charge is 2.36. The predicted molar refractivity (Wildman–Crippen MR) is 179 cm³/mol. The van der Waals surface area contributed by atoms with Crippen molar-refractivity contribution in [3.8, 4) is 0 Å². The van der Waals surface area contributed by atoms with E-state index in [1.54, 1.807) is 37.3 Å². The summed E-state index contributed by atoms with van der Waals surface area (Å²) in [5, 5.41) is 7.13. The maximum absolute atomic E-state index is 14.5. The molecule has 2 amide bonds. The number of carbonyl (C=O) groups is 2. The first-order chi connectivity index (χ1) is 23.4. The number of nitrogens with zero attached hydrogens (tertiary/aromatic N) is 6. The van der Waals surface area contributed by atoms with Crippen LogP contribution in [0.2, 0.25) is 0 Å². The number of fused-ring (bicyclic) bond motifs is 1. The Hall–Kier alpha value is -4.47. The Bertz CT molecular complexity index is 1880. The molecule has 1 unspecified atom stereocenters. The summed E-state index contributed by atoms with van der Waals surface area (Å²) in [5.74, 6) is -1.76. The molecule has 3 aromatic rings. The van der Waals surface area contributed by atoms with Crippen LogP contribution in [-0.2, 0) is 33.4 Å². The second-order valence-corrected chi connectivity index (χ2v) is 13.7. The van der Waals surface area contributed by atoms with Gasteiger partial charge in [-0.2, -0.15) is 22.7 Å². The number of nitrogens with one attached hydrogen (secondary N) is 1. The number of halogens is 4. The molecule has 1 saturated heterocycles. The van der Waals surface area contributed by atoms with E-state index in [4.69, 9.17) is 14.5 Å². The van der Waals surface area contributed by atoms with E-state index in [2.05, 4.69) is 10.4 Å². The molecule has 1 aliphatic carbocycles. The Morgan fingerprint density at radius 2 is 1.86 bits per heavy atom. The maximum atomic E-state index is 14.5. The molecule has 2 atom stereocenters. The lowest BCUT2D eigenvalue weighted by Crippen LogP contribution is -2.56. The number of rotatable bonds is 7. The topological polar surface area (TPSA) is 123 Å². The third kappa shape index (κ3) is 7.64. The van der Waals surface area contributed by atoms with Gasteiger partial charge in [0.15, 0.2) is 5.82 Å². The minimum absolute atomic E-state index is 0.0220. The zero-order valence-corrected chi connectivity index (χ0v) is 29.3. The van der Waals surface area contributed by atoms with E-state index in [1.807, 2.05) is 24.8 Å². The van der Waals surface area contributed by atoms with Crippen LogP contribution in [0.4, 0.5) is 33.7 Å². The smallest absolute Gasteiger partial charge is 0.419 e. The van der Waals surface area contributed by atoms with Gasteiger partial charge in [-0.15, -0.1) is 5.10 Å². The van der Waals surface area contributed by atoms with Gasteiger partial charge < -0.3 is 29.2 Å². The van der Waals surface area contributed by atoms with E-state index in [0.717, 1.165) is 16.5 Å². The zero-order chi connectivity index (χ0) is 36.7. The normalized spacial score (nSPS) is 18.7. The first kappa shape index (κ1) is 36.8. The summed E-state index contributed by atoms with van der Waals surface area (Å²) in [6, 6.07) is 0.958. The third-order valence-electron chi connectivity index (χ3n) is 8.91. The molecule has 2 aromatic heterocycles. The number of hydrogen-bond acceptors (Lipinski definition) is 8. The Balaban J connectivity index is 1.55. The minimum atomic E-state index is -4.90. The van der Waals surface area contributed by atoms with Gasteiger partial charge in [0.1, 0.15) is 23.7 Å². The van der Waals surface area contributed by atoms with Crippen molar-refractivity contribution >= 4 is 34.7 Å². The Morgan fingerprint density at radius 1 is 1.14 bits per heavy atom. The molecule has 272 valence electrons. The molecule has 12 nitrogen and oxygen atoms in total. The quantitative estimate of drug-likeness (QED) is 0.316. The molecule has 16 heteroatoms. The van der Waals surface area contributed by atoms with E-state index in [9.17, 15) is 31.9 Å². The minimum Gasteiger partial charge on any atom is -0.444 e. The van der Waals surface area contributed by atoms with Crippen LogP contribution >= 0.6 is 0 Å². The fourth-order valence-electron chi connectivity index (χ4n) is 6.41. The largest absolute Gasteiger partial charge is 0.444 e. The molecular weight excluding hydrogens is 662 g/mol. The van der Waals surface area contributed by atoms with Crippen LogP contribution < -0.4 is 15.8 Å². The lowest BCUT2D eigenvalue weighted by atomic mass is 9.97. The number of aromatic nitrogens is 4. The van der Waals surface area contributed by atoms with Gasteiger partial charge in [0.2, 0.25) is 11.7 Å². The average Bonchev–Trinajstić information content (AvgIpc) is 3.48. The van der Waals surface area contributed by atoms with Crippen LogP contribution in [0.25, 0.3) is 11.4 Å². The summed E-state index contributed by atoms with van der Waals surface area (Å²) in [6.45, 7) is 10.8. The Morgan fingerprint density at radius 3 is 2.44 bits per heavy atom. The monoisotopic (exact) mass is 705 g/mol. The number of ether oxygens (including phenoxy) is 2. The van der Waals surface area contributed by atoms with Crippen molar-refractivity contribution in [1.29, 1.82) is 0 Å². The number of piperazine rings is 1. The molecule has 0 bridgehead atoms. The second-order valence-electron chi connectivity index (χ2n) is 13.7. The van der Waals surface area contributed by atoms with Gasteiger partial charge in [-0.1, -0.05) is 13.0 Å². The number of anilines is 2. The van der Waals surface area contributed by atoms with Gasteiger partial charge >= 0.3 is 12.3 Å². The number of allylic oxidation sites excluding steroid dienone is 1. The summed E-state index contributed by atoms with van der Waals surface area (Å²) >= 11 is 0. The van der Waals surface area contributed by atoms with Crippen molar-refractivity contribution in [2.45, 2.75) is 97.7 Å². The molecule has 1 fully saturated rings. The average molecular weight is 706 g/mol. The summed E-state index contributed by atoms with van der Waals surface area (Å²) in [6.07, 6.45) is -1.06. The second kappa shape index (κ2) is 14.0.